The number of hydrogen-bond acceptors (Lipinski definition) is 6. The number of hydrazine groups is 1. The topological polar surface area (TPSA) is 87.3 Å². The smallest absolute Gasteiger partial charge is 0.145 e. The summed E-state index contributed by atoms with van der Waals surface area (Å²) < 4.78 is 0. The summed E-state index contributed by atoms with van der Waals surface area (Å²) in [5.41, 5.74) is 2.62. The molecule has 0 unspecified atom stereocenters. The highest BCUT2D eigenvalue weighted by atomic mass is 16.3. The molecule has 0 bridgehead atoms. The first-order valence-corrected chi connectivity index (χ1v) is 6.90. The van der Waals surface area contributed by atoms with E-state index in [1.54, 1.807) is 0 Å². The van der Waals surface area contributed by atoms with Crippen molar-refractivity contribution in [2.75, 3.05) is 23.9 Å². The summed E-state index contributed by atoms with van der Waals surface area (Å²) in [4.78, 5) is 11.2. The van der Waals surface area contributed by atoms with Crippen LogP contribution in [0.3, 0.4) is 0 Å². The van der Waals surface area contributed by atoms with Crippen molar-refractivity contribution in [3.05, 3.63) is 11.9 Å². The Bertz CT molecular complexity index is 456. The van der Waals surface area contributed by atoms with E-state index in [4.69, 9.17) is 5.84 Å². The van der Waals surface area contributed by atoms with Gasteiger partial charge < -0.3 is 15.4 Å². The third-order valence-corrected chi connectivity index (χ3v) is 3.95. The normalized spacial score (nSPS) is 25.8. The lowest BCUT2D eigenvalue weighted by molar-refractivity contribution is 0.0464. The molecule has 104 valence electrons. The minimum Gasteiger partial charge on any atom is -0.393 e. The fraction of sp³-hybridized carbons (Fsp3) is 0.692. The Kier molecular flexibility index (Phi) is 3.28. The van der Waals surface area contributed by atoms with Gasteiger partial charge in [-0.05, 0) is 31.6 Å². The predicted molar refractivity (Wildman–Crippen MR) is 73.8 cm³/mol. The summed E-state index contributed by atoms with van der Waals surface area (Å²) in [5.74, 6) is 9.02. The second-order valence-electron chi connectivity index (χ2n) is 5.76. The van der Waals surface area contributed by atoms with Crippen molar-refractivity contribution in [2.45, 2.75) is 37.7 Å². The van der Waals surface area contributed by atoms with E-state index in [0.717, 1.165) is 31.0 Å². The lowest BCUT2D eigenvalue weighted by Gasteiger charge is -2.34. The number of aliphatic hydroxyl groups is 1. The molecular formula is C13H21N5O. The third-order valence-electron chi connectivity index (χ3n) is 3.95. The first-order valence-electron chi connectivity index (χ1n) is 6.90. The zero-order valence-electron chi connectivity index (χ0n) is 11.2. The molecule has 1 aromatic rings. The number of aromatic nitrogens is 2. The molecule has 0 radical (unpaired) electrons. The van der Waals surface area contributed by atoms with Crippen LogP contribution in [0.25, 0.3) is 0 Å². The van der Waals surface area contributed by atoms with Crippen molar-refractivity contribution < 1.29 is 5.11 Å². The zero-order valence-corrected chi connectivity index (χ0v) is 11.2. The monoisotopic (exact) mass is 263 g/mol. The van der Waals surface area contributed by atoms with Crippen molar-refractivity contribution in [3.8, 4) is 0 Å². The molecule has 3 rings (SSSR count). The Balaban J connectivity index is 1.72. The summed E-state index contributed by atoms with van der Waals surface area (Å²) >= 11 is 0. The summed E-state index contributed by atoms with van der Waals surface area (Å²) in [6.07, 6.45) is 4.03. The van der Waals surface area contributed by atoms with Gasteiger partial charge in [0, 0.05) is 25.6 Å². The van der Waals surface area contributed by atoms with E-state index in [0.29, 0.717) is 17.7 Å². The van der Waals surface area contributed by atoms with Crippen LogP contribution in [0.5, 0.6) is 0 Å². The van der Waals surface area contributed by atoms with Crippen molar-refractivity contribution >= 4 is 11.6 Å². The van der Waals surface area contributed by atoms with Crippen molar-refractivity contribution in [1.29, 1.82) is 0 Å². The average Bonchev–Trinajstić information content (AvgIpc) is 3.20. The van der Waals surface area contributed by atoms with E-state index in [1.165, 1.54) is 12.8 Å². The number of aliphatic hydroxyl groups excluding tert-OH is 1. The van der Waals surface area contributed by atoms with Gasteiger partial charge in [-0.1, -0.05) is 0 Å². The van der Waals surface area contributed by atoms with E-state index in [2.05, 4.69) is 20.3 Å². The van der Waals surface area contributed by atoms with Crippen LogP contribution in [0.1, 0.15) is 37.4 Å². The number of anilines is 2. The fourth-order valence-electron chi connectivity index (χ4n) is 2.58. The average molecular weight is 263 g/mol. The van der Waals surface area contributed by atoms with Gasteiger partial charge in [-0.25, -0.2) is 15.8 Å². The maximum atomic E-state index is 9.34. The van der Waals surface area contributed by atoms with Gasteiger partial charge in [-0.15, -0.1) is 0 Å². The lowest BCUT2D eigenvalue weighted by atomic mass is 9.82. The molecular weight excluding hydrogens is 242 g/mol. The SMILES string of the molecule is CN(CC1CC(O)C1)c1cc(NN)nc(C2CC2)n1. The number of nitrogens with two attached hydrogens (primary N) is 1. The second kappa shape index (κ2) is 4.94. The van der Waals surface area contributed by atoms with Gasteiger partial charge in [0.05, 0.1) is 6.10 Å². The Morgan fingerprint density at radius 2 is 2.16 bits per heavy atom. The van der Waals surface area contributed by atoms with Gasteiger partial charge in [-0.2, -0.15) is 0 Å². The van der Waals surface area contributed by atoms with Gasteiger partial charge in [0.15, 0.2) is 0 Å². The zero-order chi connectivity index (χ0) is 13.4. The maximum Gasteiger partial charge on any atom is 0.145 e. The molecule has 0 amide bonds. The maximum absolute atomic E-state index is 9.34. The molecule has 2 aliphatic rings. The van der Waals surface area contributed by atoms with Gasteiger partial charge >= 0.3 is 0 Å². The fourth-order valence-corrected chi connectivity index (χ4v) is 2.58. The minimum atomic E-state index is -0.105. The van der Waals surface area contributed by atoms with Gasteiger partial charge in [0.1, 0.15) is 17.5 Å². The van der Waals surface area contributed by atoms with Crippen LogP contribution in [0.4, 0.5) is 11.6 Å². The van der Waals surface area contributed by atoms with Crippen LogP contribution in [0, 0.1) is 5.92 Å². The Morgan fingerprint density at radius 3 is 2.74 bits per heavy atom. The van der Waals surface area contributed by atoms with Crippen LogP contribution in [-0.2, 0) is 0 Å². The van der Waals surface area contributed by atoms with E-state index in [-0.39, 0.29) is 6.10 Å². The molecule has 6 heteroatoms. The molecule has 0 aliphatic heterocycles. The molecule has 1 aromatic heterocycles. The first kappa shape index (κ1) is 12.6. The van der Waals surface area contributed by atoms with Gasteiger partial charge in [0.2, 0.25) is 0 Å². The molecule has 1 heterocycles. The largest absolute Gasteiger partial charge is 0.393 e. The third kappa shape index (κ3) is 2.79. The summed E-state index contributed by atoms with van der Waals surface area (Å²) in [6.45, 7) is 0.919. The first-order chi connectivity index (χ1) is 9.15. The highest BCUT2D eigenvalue weighted by molar-refractivity contribution is 5.49. The standard InChI is InChI=1S/C13H21N5O/c1-18(7-8-4-10(19)5-8)12-6-11(17-14)15-13(16-12)9-2-3-9/h6,8-10,19H,2-5,7,14H2,1H3,(H,15,16,17). The van der Waals surface area contributed by atoms with Crippen LogP contribution in [0.2, 0.25) is 0 Å². The molecule has 0 saturated heterocycles. The molecule has 2 aliphatic carbocycles. The number of nitrogens with zero attached hydrogens (tertiary/aromatic N) is 3. The number of nitrogens with one attached hydrogen (secondary N) is 1. The molecule has 6 nitrogen and oxygen atoms in total. The van der Waals surface area contributed by atoms with E-state index >= 15 is 0 Å². The Hall–Kier alpha value is -1.40. The van der Waals surface area contributed by atoms with E-state index in [9.17, 15) is 5.11 Å². The number of hydrogen-bond donors (Lipinski definition) is 3. The summed E-state index contributed by atoms with van der Waals surface area (Å²) in [6, 6.07) is 1.88. The number of nitrogen functional groups attached to an aromatic ring is 1. The van der Waals surface area contributed by atoms with Crippen molar-refractivity contribution in [2.24, 2.45) is 11.8 Å². The molecule has 4 N–H and O–H groups in total. The quantitative estimate of drug-likeness (QED) is 0.539. The second-order valence-corrected chi connectivity index (χ2v) is 5.76. The highest BCUT2D eigenvalue weighted by Gasteiger charge is 2.30. The molecule has 19 heavy (non-hydrogen) atoms. The molecule has 0 atom stereocenters. The Labute approximate surface area is 113 Å². The van der Waals surface area contributed by atoms with Crippen molar-refractivity contribution in [1.82, 2.24) is 9.97 Å². The molecule has 2 saturated carbocycles. The van der Waals surface area contributed by atoms with Crippen LogP contribution < -0.4 is 16.2 Å². The highest BCUT2D eigenvalue weighted by Crippen LogP contribution is 2.39. The van der Waals surface area contributed by atoms with E-state index in [1.807, 2.05) is 13.1 Å². The Morgan fingerprint density at radius 1 is 1.42 bits per heavy atom. The van der Waals surface area contributed by atoms with Gasteiger partial charge in [0.25, 0.3) is 0 Å². The van der Waals surface area contributed by atoms with Crippen LogP contribution in [-0.4, -0.2) is 34.8 Å². The predicted octanol–water partition coefficient (Wildman–Crippen LogP) is 0.847. The number of rotatable bonds is 5. The van der Waals surface area contributed by atoms with Crippen LogP contribution in [0.15, 0.2) is 6.07 Å². The minimum absolute atomic E-state index is 0.105. The molecule has 0 spiro atoms. The summed E-state index contributed by atoms with van der Waals surface area (Å²) in [5, 5.41) is 9.34. The van der Waals surface area contributed by atoms with Gasteiger partial charge in [-0.3, -0.25) is 0 Å². The van der Waals surface area contributed by atoms with Crippen LogP contribution >= 0.6 is 0 Å². The molecule has 2 fully saturated rings. The van der Waals surface area contributed by atoms with E-state index < -0.39 is 0 Å². The summed E-state index contributed by atoms with van der Waals surface area (Å²) in [7, 11) is 2.03. The van der Waals surface area contributed by atoms with Crippen molar-refractivity contribution in [3.63, 3.8) is 0 Å². The molecule has 0 aromatic carbocycles. The lowest BCUT2D eigenvalue weighted by Crippen LogP contribution is -2.37.